The van der Waals surface area contributed by atoms with E-state index in [1.807, 2.05) is 43.5 Å². The molecule has 3 aromatic heterocycles. The highest BCUT2D eigenvalue weighted by atomic mass is 32.2. The fourth-order valence-electron chi connectivity index (χ4n) is 2.70. The van der Waals surface area contributed by atoms with E-state index in [9.17, 15) is 4.79 Å². The number of carbonyl (C=O) groups excluding carboxylic acids is 1. The molecule has 1 atom stereocenters. The van der Waals surface area contributed by atoms with Crippen molar-refractivity contribution in [3.63, 3.8) is 0 Å². The predicted octanol–water partition coefficient (Wildman–Crippen LogP) is 4.27. The number of H-pyrrole nitrogens is 1. The van der Waals surface area contributed by atoms with Crippen LogP contribution in [0, 0.1) is 6.92 Å². The number of carbonyl (C=O) groups is 1. The van der Waals surface area contributed by atoms with Crippen LogP contribution < -0.4 is 0 Å². The number of benzene rings is 1. The van der Waals surface area contributed by atoms with Gasteiger partial charge in [-0.25, -0.2) is 4.98 Å². The normalized spacial score (nSPS) is 12.5. The Morgan fingerprint density at radius 1 is 1.35 bits per heavy atom. The van der Waals surface area contributed by atoms with E-state index in [0.29, 0.717) is 23.1 Å². The van der Waals surface area contributed by atoms with Crippen molar-refractivity contribution >= 4 is 39.8 Å². The van der Waals surface area contributed by atoms with Gasteiger partial charge in [0.1, 0.15) is 0 Å². The van der Waals surface area contributed by atoms with Gasteiger partial charge in [-0.3, -0.25) is 4.79 Å². The number of nitrogens with one attached hydrogen (secondary N) is 1. The molecule has 0 radical (unpaired) electrons. The van der Waals surface area contributed by atoms with Gasteiger partial charge in [0, 0.05) is 28.0 Å². The van der Waals surface area contributed by atoms with Crippen LogP contribution in [0.15, 0.2) is 45.5 Å². The standard InChI is InChI=1S/C18H16N4O2S2/c1-10(17(23)14-8-19-15-6-4-3-5-13(14)15)26-18-22-21-16(24-18)7-12-9-25-11(2)20-12/h3-6,8-10,19H,7H2,1-2H3/t10-/m1/s1. The number of aromatic nitrogens is 4. The van der Waals surface area contributed by atoms with Crippen LogP contribution >= 0.6 is 23.1 Å². The zero-order valence-corrected chi connectivity index (χ0v) is 15.9. The molecule has 3 heterocycles. The van der Waals surface area contributed by atoms with Gasteiger partial charge in [0.15, 0.2) is 5.78 Å². The summed E-state index contributed by atoms with van der Waals surface area (Å²) in [6, 6.07) is 7.76. The highest BCUT2D eigenvalue weighted by Gasteiger charge is 2.22. The van der Waals surface area contributed by atoms with E-state index in [1.165, 1.54) is 11.8 Å². The van der Waals surface area contributed by atoms with Crippen molar-refractivity contribution in [1.29, 1.82) is 0 Å². The van der Waals surface area contributed by atoms with E-state index in [1.54, 1.807) is 17.5 Å². The number of hydrogen-bond acceptors (Lipinski definition) is 7. The van der Waals surface area contributed by atoms with Gasteiger partial charge in [-0.15, -0.1) is 21.5 Å². The zero-order chi connectivity index (χ0) is 18.1. The van der Waals surface area contributed by atoms with Gasteiger partial charge in [-0.05, 0) is 19.9 Å². The lowest BCUT2D eigenvalue weighted by Crippen LogP contribution is -2.13. The molecule has 4 rings (SSSR count). The first-order valence-electron chi connectivity index (χ1n) is 8.10. The van der Waals surface area contributed by atoms with Crippen molar-refractivity contribution in [3.05, 3.63) is 58.0 Å². The van der Waals surface area contributed by atoms with Crippen LogP contribution in [0.3, 0.4) is 0 Å². The van der Waals surface area contributed by atoms with Gasteiger partial charge in [-0.2, -0.15) is 0 Å². The average molecular weight is 384 g/mol. The Bertz CT molecular complexity index is 1070. The summed E-state index contributed by atoms with van der Waals surface area (Å²) in [5, 5.41) is 12.1. The first-order valence-corrected chi connectivity index (χ1v) is 9.86. The largest absolute Gasteiger partial charge is 0.416 e. The number of thiazole rings is 1. The minimum absolute atomic E-state index is 0.0299. The third kappa shape index (κ3) is 3.42. The molecule has 0 bridgehead atoms. The van der Waals surface area contributed by atoms with Crippen LogP contribution in [0.4, 0.5) is 0 Å². The van der Waals surface area contributed by atoms with E-state index >= 15 is 0 Å². The van der Waals surface area contributed by atoms with Crippen LogP contribution in [-0.4, -0.2) is 31.2 Å². The second-order valence-corrected chi connectivity index (χ2v) is 8.22. The quantitative estimate of drug-likeness (QED) is 0.395. The van der Waals surface area contributed by atoms with Crippen LogP contribution in [0.1, 0.15) is 33.9 Å². The monoisotopic (exact) mass is 384 g/mol. The van der Waals surface area contributed by atoms with Gasteiger partial charge in [0.25, 0.3) is 5.22 Å². The molecule has 0 saturated heterocycles. The molecule has 132 valence electrons. The Balaban J connectivity index is 1.46. The van der Waals surface area contributed by atoms with Crippen LogP contribution in [0.2, 0.25) is 0 Å². The first kappa shape index (κ1) is 17.0. The third-order valence-electron chi connectivity index (χ3n) is 3.95. The molecule has 1 aromatic carbocycles. The Labute approximate surface area is 158 Å². The third-order valence-corrected chi connectivity index (χ3v) is 5.71. The highest BCUT2D eigenvalue weighted by Crippen LogP contribution is 2.28. The number of fused-ring (bicyclic) bond motifs is 1. The van der Waals surface area contributed by atoms with Gasteiger partial charge in [-0.1, -0.05) is 30.0 Å². The maximum atomic E-state index is 12.8. The van der Waals surface area contributed by atoms with E-state index in [2.05, 4.69) is 20.2 Å². The maximum Gasteiger partial charge on any atom is 0.277 e. The van der Waals surface area contributed by atoms with Crippen molar-refractivity contribution in [2.24, 2.45) is 0 Å². The number of nitrogens with zero attached hydrogens (tertiary/aromatic N) is 3. The lowest BCUT2D eigenvalue weighted by molar-refractivity contribution is 0.0995. The smallest absolute Gasteiger partial charge is 0.277 e. The molecule has 0 aliphatic carbocycles. The summed E-state index contributed by atoms with van der Waals surface area (Å²) in [4.78, 5) is 20.3. The summed E-state index contributed by atoms with van der Waals surface area (Å²) < 4.78 is 5.67. The highest BCUT2D eigenvalue weighted by molar-refractivity contribution is 8.00. The summed E-state index contributed by atoms with van der Waals surface area (Å²) in [7, 11) is 0. The topological polar surface area (TPSA) is 84.7 Å². The fraction of sp³-hybridized carbons (Fsp3) is 0.222. The summed E-state index contributed by atoms with van der Waals surface area (Å²) in [6.45, 7) is 3.81. The Kier molecular flexibility index (Phi) is 4.60. The molecule has 26 heavy (non-hydrogen) atoms. The lowest BCUT2D eigenvalue weighted by atomic mass is 10.1. The van der Waals surface area contributed by atoms with Gasteiger partial charge in [0.05, 0.1) is 22.4 Å². The molecule has 0 saturated carbocycles. The Morgan fingerprint density at radius 2 is 2.19 bits per heavy atom. The number of Topliss-reactive ketones (excluding diaryl/α,β-unsaturated/α-hetero) is 1. The lowest BCUT2D eigenvalue weighted by Gasteiger charge is -2.06. The van der Waals surface area contributed by atoms with E-state index in [-0.39, 0.29) is 11.0 Å². The number of hydrogen-bond donors (Lipinski definition) is 1. The molecular formula is C18H16N4O2S2. The van der Waals surface area contributed by atoms with Crippen molar-refractivity contribution < 1.29 is 9.21 Å². The molecule has 0 unspecified atom stereocenters. The van der Waals surface area contributed by atoms with Crippen molar-refractivity contribution in [2.45, 2.75) is 30.7 Å². The second kappa shape index (κ2) is 7.05. The molecule has 0 aliphatic heterocycles. The second-order valence-electron chi connectivity index (χ2n) is 5.87. The summed E-state index contributed by atoms with van der Waals surface area (Å²) in [6.07, 6.45) is 2.26. The molecule has 0 aliphatic rings. The molecule has 0 fully saturated rings. The molecule has 0 spiro atoms. The number of thioether (sulfide) groups is 1. The van der Waals surface area contributed by atoms with E-state index in [0.717, 1.165) is 21.6 Å². The Morgan fingerprint density at radius 3 is 3.00 bits per heavy atom. The van der Waals surface area contributed by atoms with Crippen molar-refractivity contribution in [1.82, 2.24) is 20.2 Å². The van der Waals surface area contributed by atoms with Crippen molar-refractivity contribution in [3.8, 4) is 0 Å². The van der Waals surface area contributed by atoms with Crippen LogP contribution in [0.25, 0.3) is 10.9 Å². The molecule has 1 N–H and O–H groups in total. The molecule has 6 nitrogen and oxygen atoms in total. The molecule has 4 aromatic rings. The van der Waals surface area contributed by atoms with Gasteiger partial charge < -0.3 is 9.40 Å². The SMILES string of the molecule is Cc1nc(Cc2nnc(S[C@H](C)C(=O)c3c[nH]c4ccccc34)o2)cs1. The minimum Gasteiger partial charge on any atom is -0.416 e. The zero-order valence-electron chi connectivity index (χ0n) is 14.2. The summed E-state index contributed by atoms with van der Waals surface area (Å²) >= 11 is 2.86. The molecular weight excluding hydrogens is 368 g/mol. The summed E-state index contributed by atoms with van der Waals surface area (Å²) in [5.41, 5.74) is 2.54. The number of aromatic amines is 1. The maximum absolute atomic E-state index is 12.8. The van der Waals surface area contributed by atoms with Crippen LogP contribution in [-0.2, 0) is 6.42 Å². The minimum atomic E-state index is -0.330. The van der Waals surface area contributed by atoms with E-state index in [4.69, 9.17) is 4.42 Å². The summed E-state index contributed by atoms with van der Waals surface area (Å²) in [5.74, 6) is 0.534. The molecule has 8 heteroatoms. The Hall–Kier alpha value is -2.45. The number of rotatable bonds is 6. The number of ketones is 1. The fourth-order valence-corrected chi connectivity index (χ4v) is 4.08. The van der Waals surface area contributed by atoms with E-state index < -0.39 is 0 Å². The first-order chi connectivity index (χ1) is 12.6. The number of para-hydroxylation sites is 1. The van der Waals surface area contributed by atoms with Gasteiger partial charge >= 0.3 is 0 Å². The molecule has 0 amide bonds. The van der Waals surface area contributed by atoms with Gasteiger partial charge in [0.2, 0.25) is 5.89 Å². The predicted molar refractivity (Wildman–Crippen MR) is 102 cm³/mol. The van der Waals surface area contributed by atoms with Crippen LogP contribution in [0.5, 0.6) is 0 Å². The number of aryl methyl sites for hydroxylation is 1. The average Bonchev–Trinajstić information content (AvgIpc) is 3.35. The van der Waals surface area contributed by atoms with Crippen molar-refractivity contribution in [2.75, 3.05) is 0 Å².